The number of hydrogen-bond acceptors (Lipinski definition) is 5. The van der Waals surface area contributed by atoms with Crippen molar-refractivity contribution in [2.24, 2.45) is 0 Å². The molecule has 7 heteroatoms. The highest BCUT2D eigenvalue weighted by Gasteiger charge is 2.16. The summed E-state index contributed by atoms with van der Waals surface area (Å²) in [5.74, 6) is 1.19. The molecule has 0 unspecified atom stereocenters. The van der Waals surface area contributed by atoms with Crippen molar-refractivity contribution in [3.8, 4) is 0 Å². The normalized spacial score (nSPS) is 11.7. The van der Waals surface area contributed by atoms with Crippen LogP contribution in [0.4, 0.5) is 17.6 Å². The summed E-state index contributed by atoms with van der Waals surface area (Å²) in [4.78, 5) is 16.4. The van der Waals surface area contributed by atoms with Crippen LogP contribution in [-0.4, -0.2) is 25.5 Å². The van der Waals surface area contributed by atoms with E-state index in [1.165, 1.54) is 0 Å². The van der Waals surface area contributed by atoms with Crippen molar-refractivity contribution in [3.05, 3.63) is 35.5 Å². The molecule has 0 radical (unpaired) electrons. The Morgan fingerprint density at radius 1 is 1.26 bits per heavy atom. The van der Waals surface area contributed by atoms with E-state index in [2.05, 4.69) is 51.3 Å². The lowest BCUT2D eigenvalue weighted by Gasteiger charge is -2.24. The van der Waals surface area contributed by atoms with Crippen molar-refractivity contribution in [1.82, 2.24) is 19.9 Å². The van der Waals surface area contributed by atoms with Crippen molar-refractivity contribution < 1.29 is 0 Å². The molecule has 3 rings (SSSR count). The van der Waals surface area contributed by atoms with Gasteiger partial charge in [-0.25, -0.2) is 9.97 Å². The first-order valence-electron chi connectivity index (χ1n) is 7.49. The lowest BCUT2D eigenvalue weighted by atomic mass is 10.0. The van der Waals surface area contributed by atoms with E-state index in [1.54, 1.807) is 6.20 Å². The van der Waals surface area contributed by atoms with Gasteiger partial charge >= 0.3 is 0 Å². The summed E-state index contributed by atoms with van der Waals surface area (Å²) in [6.07, 6.45) is 2.68. The second-order valence-corrected chi connectivity index (χ2v) is 6.45. The van der Waals surface area contributed by atoms with Gasteiger partial charge in [0.15, 0.2) is 5.65 Å². The highest BCUT2D eigenvalue weighted by Crippen LogP contribution is 2.21. The molecule has 0 aliphatic rings. The lowest BCUT2D eigenvalue weighted by Crippen LogP contribution is -2.30. The first kappa shape index (κ1) is 15.6. The Morgan fingerprint density at radius 3 is 2.83 bits per heavy atom. The number of halogens is 1. The second-order valence-electron chi connectivity index (χ2n) is 6.01. The summed E-state index contributed by atoms with van der Waals surface area (Å²) >= 11 is 5.98. The van der Waals surface area contributed by atoms with E-state index in [0.29, 0.717) is 28.1 Å². The van der Waals surface area contributed by atoms with Crippen LogP contribution in [0.2, 0.25) is 5.02 Å². The van der Waals surface area contributed by atoms with Gasteiger partial charge in [0.2, 0.25) is 11.9 Å². The van der Waals surface area contributed by atoms with Crippen molar-refractivity contribution in [2.45, 2.75) is 32.7 Å². The van der Waals surface area contributed by atoms with Gasteiger partial charge in [-0.05, 0) is 38.5 Å². The third-order valence-corrected chi connectivity index (χ3v) is 3.90. The summed E-state index contributed by atoms with van der Waals surface area (Å²) in [5, 5.41) is 7.16. The van der Waals surface area contributed by atoms with Crippen LogP contribution in [0.1, 0.15) is 27.2 Å². The van der Waals surface area contributed by atoms with E-state index < -0.39 is 0 Å². The maximum absolute atomic E-state index is 5.98. The quantitative estimate of drug-likeness (QED) is 0.648. The molecule has 0 aliphatic heterocycles. The molecule has 0 fully saturated rings. The van der Waals surface area contributed by atoms with E-state index in [4.69, 9.17) is 11.6 Å². The van der Waals surface area contributed by atoms with Crippen LogP contribution in [0.5, 0.6) is 0 Å². The molecule has 23 heavy (non-hydrogen) atoms. The number of aromatic nitrogens is 4. The molecule has 3 aromatic rings. The first-order valence-corrected chi connectivity index (χ1v) is 7.86. The van der Waals surface area contributed by atoms with Gasteiger partial charge in [-0.1, -0.05) is 24.6 Å². The maximum atomic E-state index is 5.98. The van der Waals surface area contributed by atoms with Gasteiger partial charge in [-0.15, -0.1) is 0 Å². The molecule has 1 aromatic carbocycles. The van der Waals surface area contributed by atoms with Gasteiger partial charge < -0.3 is 15.6 Å². The zero-order chi connectivity index (χ0) is 16.4. The zero-order valence-electron chi connectivity index (χ0n) is 13.3. The number of nitrogens with zero attached hydrogens (tertiary/aromatic N) is 3. The average Bonchev–Trinajstić information content (AvgIpc) is 2.88. The molecular formula is C16H19ClN6. The third kappa shape index (κ3) is 3.71. The number of fused-ring (bicyclic) bond motifs is 1. The first-order chi connectivity index (χ1) is 10.9. The fourth-order valence-corrected chi connectivity index (χ4v) is 2.21. The van der Waals surface area contributed by atoms with Gasteiger partial charge in [-0.2, -0.15) is 4.98 Å². The standard InChI is InChI=1S/C16H19ClN6/c1-4-16(2,3)23-14-18-9-12-13(21-14)22-15(20-12)19-11-7-5-6-10(17)8-11/h5-9H,4H2,1-3H3,(H3,18,19,20,21,22,23). The molecule has 2 heterocycles. The fraction of sp³-hybridized carbons (Fsp3) is 0.312. The largest absolute Gasteiger partial charge is 0.349 e. The Balaban J connectivity index is 1.84. The van der Waals surface area contributed by atoms with Crippen LogP contribution in [0.15, 0.2) is 30.5 Å². The highest BCUT2D eigenvalue weighted by molar-refractivity contribution is 6.30. The SMILES string of the molecule is CCC(C)(C)Nc1ncc2nc(Nc3cccc(Cl)c3)[nH]c2n1. The Morgan fingerprint density at radius 2 is 2.09 bits per heavy atom. The number of rotatable bonds is 5. The molecule has 0 spiro atoms. The zero-order valence-corrected chi connectivity index (χ0v) is 14.1. The molecule has 0 saturated carbocycles. The fourth-order valence-electron chi connectivity index (χ4n) is 2.02. The molecule has 3 N–H and O–H groups in total. The smallest absolute Gasteiger partial charge is 0.225 e. The number of hydrogen-bond donors (Lipinski definition) is 3. The van der Waals surface area contributed by atoms with E-state index in [0.717, 1.165) is 12.1 Å². The van der Waals surface area contributed by atoms with Crippen LogP contribution in [0.25, 0.3) is 11.2 Å². The van der Waals surface area contributed by atoms with Crippen molar-refractivity contribution in [1.29, 1.82) is 0 Å². The highest BCUT2D eigenvalue weighted by atomic mass is 35.5. The summed E-state index contributed by atoms with van der Waals surface area (Å²) in [5.41, 5.74) is 2.18. The minimum atomic E-state index is -0.0600. The molecule has 6 nitrogen and oxygen atoms in total. The van der Waals surface area contributed by atoms with E-state index in [9.17, 15) is 0 Å². The van der Waals surface area contributed by atoms with Crippen LogP contribution < -0.4 is 10.6 Å². The molecule has 2 aromatic heterocycles. The van der Waals surface area contributed by atoms with Gasteiger partial charge in [0, 0.05) is 16.2 Å². The lowest BCUT2D eigenvalue weighted by molar-refractivity contribution is 0.542. The monoisotopic (exact) mass is 330 g/mol. The van der Waals surface area contributed by atoms with E-state index >= 15 is 0 Å². The average molecular weight is 331 g/mol. The van der Waals surface area contributed by atoms with Gasteiger partial charge in [0.25, 0.3) is 0 Å². The van der Waals surface area contributed by atoms with Gasteiger partial charge in [0.05, 0.1) is 6.20 Å². The number of benzene rings is 1. The van der Waals surface area contributed by atoms with Crippen molar-refractivity contribution in [3.63, 3.8) is 0 Å². The predicted molar refractivity (Wildman–Crippen MR) is 94.4 cm³/mol. The summed E-state index contributed by atoms with van der Waals surface area (Å²) in [6.45, 7) is 6.34. The van der Waals surface area contributed by atoms with Crippen LogP contribution in [0, 0.1) is 0 Å². The molecule has 0 saturated heterocycles. The predicted octanol–water partition coefficient (Wildman–Crippen LogP) is 4.35. The van der Waals surface area contributed by atoms with Crippen molar-refractivity contribution in [2.75, 3.05) is 10.6 Å². The minimum Gasteiger partial charge on any atom is -0.349 e. The molecule has 120 valence electrons. The minimum absolute atomic E-state index is 0.0600. The number of nitrogens with one attached hydrogen (secondary N) is 3. The number of anilines is 3. The Kier molecular flexibility index (Phi) is 4.09. The van der Waals surface area contributed by atoms with Crippen LogP contribution >= 0.6 is 11.6 Å². The molecule has 0 atom stereocenters. The van der Waals surface area contributed by atoms with Gasteiger partial charge in [-0.3, -0.25) is 0 Å². The van der Waals surface area contributed by atoms with E-state index in [-0.39, 0.29) is 5.54 Å². The summed E-state index contributed by atoms with van der Waals surface area (Å²) in [7, 11) is 0. The number of aromatic amines is 1. The van der Waals surface area contributed by atoms with Crippen LogP contribution in [-0.2, 0) is 0 Å². The Labute approximate surface area is 139 Å². The topological polar surface area (TPSA) is 78.5 Å². The molecule has 0 aliphatic carbocycles. The summed E-state index contributed by atoms with van der Waals surface area (Å²) in [6, 6.07) is 7.45. The van der Waals surface area contributed by atoms with Crippen LogP contribution in [0.3, 0.4) is 0 Å². The Bertz CT molecular complexity index is 826. The maximum Gasteiger partial charge on any atom is 0.225 e. The molecule has 0 amide bonds. The van der Waals surface area contributed by atoms with E-state index in [1.807, 2.05) is 24.3 Å². The summed E-state index contributed by atoms with van der Waals surface area (Å²) < 4.78 is 0. The Hall–Kier alpha value is -2.34. The molecule has 0 bridgehead atoms. The van der Waals surface area contributed by atoms with Crippen molar-refractivity contribution >= 4 is 40.3 Å². The molecular weight excluding hydrogens is 312 g/mol. The van der Waals surface area contributed by atoms with Gasteiger partial charge in [0.1, 0.15) is 5.52 Å². The number of imidazole rings is 1. The number of H-pyrrole nitrogens is 1. The third-order valence-electron chi connectivity index (χ3n) is 3.66. The second kappa shape index (κ2) is 6.04.